The number of carbonyl (C=O) groups excluding carboxylic acids is 2. The second-order valence-corrected chi connectivity index (χ2v) is 7.03. The highest BCUT2D eigenvalue weighted by Crippen LogP contribution is 2.27. The summed E-state index contributed by atoms with van der Waals surface area (Å²) in [6.07, 6.45) is 3.65. The lowest BCUT2D eigenvalue weighted by Crippen LogP contribution is -2.56. The van der Waals surface area contributed by atoms with Crippen LogP contribution in [0.5, 0.6) is 0 Å². The van der Waals surface area contributed by atoms with Gasteiger partial charge in [-0.2, -0.15) is 14.8 Å². The van der Waals surface area contributed by atoms with Crippen molar-refractivity contribution in [1.29, 1.82) is 5.26 Å². The van der Waals surface area contributed by atoms with Crippen LogP contribution in [-0.2, 0) is 9.53 Å². The van der Waals surface area contributed by atoms with Crippen molar-refractivity contribution in [2.75, 3.05) is 32.1 Å². The molecule has 1 fully saturated rings. The van der Waals surface area contributed by atoms with E-state index in [0.717, 1.165) is 0 Å². The molecule has 0 atom stereocenters. The molecule has 3 rings (SSSR count). The van der Waals surface area contributed by atoms with Crippen molar-refractivity contribution >= 4 is 23.3 Å². The van der Waals surface area contributed by atoms with Gasteiger partial charge in [0.2, 0.25) is 11.9 Å². The smallest absolute Gasteiger partial charge is 0.257 e. The van der Waals surface area contributed by atoms with Crippen LogP contribution in [0, 0.1) is 17.3 Å². The molecule has 0 radical (unpaired) electrons. The van der Waals surface area contributed by atoms with Crippen LogP contribution in [0.2, 0.25) is 0 Å². The van der Waals surface area contributed by atoms with E-state index in [-0.39, 0.29) is 30.3 Å². The molecule has 3 N–H and O–H groups in total. The lowest BCUT2D eigenvalue weighted by molar-refractivity contribution is -0.136. The van der Waals surface area contributed by atoms with Gasteiger partial charge in [0.15, 0.2) is 0 Å². The molecule has 11 heteroatoms. The molecule has 10 nitrogen and oxygen atoms in total. The zero-order valence-electron chi connectivity index (χ0n) is 16.4. The van der Waals surface area contributed by atoms with Gasteiger partial charge in [0.25, 0.3) is 5.91 Å². The average molecular weight is 415 g/mol. The zero-order valence-corrected chi connectivity index (χ0v) is 16.4. The number of halogens is 1. The molecule has 1 aliphatic rings. The Morgan fingerprint density at radius 3 is 2.87 bits per heavy atom. The van der Waals surface area contributed by atoms with Gasteiger partial charge in [-0.05, 0) is 18.9 Å². The molecule has 0 aliphatic carbocycles. The number of piperidine rings is 1. The van der Waals surface area contributed by atoms with Crippen molar-refractivity contribution in [1.82, 2.24) is 25.4 Å². The first-order valence-electron chi connectivity index (χ1n) is 9.34. The van der Waals surface area contributed by atoms with Gasteiger partial charge in [-0.15, -0.1) is 0 Å². The van der Waals surface area contributed by atoms with Gasteiger partial charge in [-0.25, -0.2) is 4.98 Å². The van der Waals surface area contributed by atoms with Crippen LogP contribution in [0.15, 0.2) is 24.5 Å². The monoisotopic (exact) mass is 415 g/mol. The Hall–Kier alpha value is -3.52. The number of nitrogens with zero attached hydrogens (tertiary/aromatic N) is 4. The Morgan fingerprint density at radius 1 is 1.43 bits per heavy atom. The van der Waals surface area contributed by atoms with Crippen LogP contribution in [-0.4, -0.2) is 64.2 Å². The van der Waals surface area contributed by atoms with Gasteiger partial charge in [0.1, 0.15) is 18.0 Å². The summed E-state index contributed by atoms with van der Waals surface area (Å²) in [5.74, 6) is -0.917. The zero-order chi connectivity index (χ0) is 21.6. The number of aromatic amines is 1. The van der Waals surface area contributed by atoms with Crippen molar-refractivity contribution in [2.24, 2.45) is 0 Å². The number of rotatable bonds is 7. The fourth-order valence-electron chi connectivity index (χ4n) is 3.38. The molecule has 0 unspecified atom stereocenters. The van der Waals surface area contributed by atoms with E-state index >= 15 is 0 Å². The van der Waals surface area contributed by atoms with E-state index in [1.807, 2.05) is 0 Å². The summed E-state index contributed by atoms with van der Waals surface area (Å²) in [5.41, 5.74) is -0.132. The van der Waals surface area contributed by atoms with Crippen LogP contribution in [0.3, 0.4) is 0 Å². The van der Waals surface area contributed by atoms with E-state index in [1.54, 1.807) is 11.0 Å². The van der Waals surface area contributed by atoms with Crippen LogP contribution in [0.4, 0.5) is 15.9 Å². The van der Waals surface area contributed by atoms with Crippen molar-refractivity contribution in [3.05, 3.63) is 36.0 Å². The predicted octanol–water partition coefficient (Wildman–Crippen LogP) is 1.34. The number of H-pyrrole nitrogens is 1. The third-order valence-corrected chi connectivity index (χ3v) is 5.02. The molecule has 2 amide bonds. The summed E-state index contributed by atoms with van der Waals surface area (Å²) in [7, 11) is 1.46. The summed E-state index contributed by atoms with van der Waals surface area (Å²) in [4.78, 5) is 30.1. The summed E-state index contributed by atoms with van der Waals surface area (Å²) in [6.45, 7) is 0.825. The number of nitrogens with one attached hydrogen (secondary N) is 3. The van der Waals surface area contributed by atoms with Crippen molar-refractivity contribution in [3.8, 4) is 6.07 Å². The van der Waals surface area contributed by atoms with E-state index in [1.165, 1.54) is 25.6 Å². The largest absolute Gasteiger partial charge is 0.375 e. The summed E-state index contributed by atoms with van der Waals surface area (Å²) in [5, 5.41) is 21.7. The van der Waals surface area contributed by atoms with Gasteiger partial charge in [-0.3, -0.25) is 14.7 Å². The normalized spacial score (nSPS) is 15.3. The molecule has 1 saturated heterocycles. The maximum atomic E-state index is 13.3. The number of carbonyl (C=O) groups is 2. The Labute approximate surface area is 172 Å². The minimum absolute atomic E-state index is 0.00272. The number of nitriles is 1. The van der Waals surface area contributed by atoms with Gasteiger partial charge in [0.05, 0.1) is 24.2 Å². The van der Waals surface area contributed by atoms with Crippen LogP contribution < -0.4 is 10.6 Å². The van der Waals surface area contributed by atoms with Crippen molar-refractivity contribution < 1.29 is 18.7 Å². The minimum atomic E-state index is -0.757. The second kappa shape index (κ2) is 9.32. The third kappa shape index (κ3) is 4.90. The van der Waals surface area contributed by atoms with E-state index in [2.05, 4.69) is 31.9 Å². The van der Waals surface area contributed by atoms with Crippen molar-refractivity contribution in [2.45, 2.75) is 24.8 Å². The SMILES string of the molecule is COCC(=O)N1CCC(CC#N)(NC(=O)c2cn[nH]c2Nc2ccnc(F)c2)CC1. The number of aromatic nitrogens is 3. The molecule has 1 aliphatic heterocycles. The van der Waals surface area contributed by atoms with E-state index < -0.39 is 17.4 Å². The quantitative estimate of drug-likeness (QED) is 0.581. The number of pyridine rings is 1. The first-order chi connectivity index (χ1) is 14.5. The number of likely N-dealkylation sites (tertiary alicyclic amines) is 1. The fraction of sp³-hybridized carbons (Fsp3) is 0.421. The minimum Gasteiger partial charge on any atom is -0.375 e. The molecule has 158 valence electrons. The number of ether oxygens (including phenoxy) is 1. The summed E-state index contributed by atoms with van der Waals surface area (Å²) < 4.78 is 18.2. The molecule has 2 aromatic rings. The molecule has 3 heterocycles. The highest BCUT2D eigenvalue weighted by Gasteiger charge is 2.37. The highest BCUT2D eigenvalue weighted by atomic mass is 19.1. The molecule has 2 aromatic heterocycles. The summed E-state index contributed by atoms with van der Waals surface area (Å²) in [6, 6.07) is 4.87. The topological polar surface area (TPSA) is 136 Å². The second-order valence-electron chi connectivity index (χ2n) is 7.03. The van der Waals surface area contributed by atoms with Crippen LogP contribution in [0.25, 0.3) is 0 Å². The van der Waals surface area contributed by atoms with Crippen LogP contribution in [0.1, 0.15) is 29.6 Å². The van der Waals surface area contributed by atoms with Gasteiger partial charge < -0.3 is 20.3 Å². The first-order valence-corrected chi connectivity index (χ1v) is 9.34. The Kier molecular flexibility index (Phi) is 6.58. The van der Waals surface area contributed by atoms with E-state index in [9.17, 15) is 19.2 Å². The molecular formula is C19H22FN7O3. The number of methoxy groups -OCH3 is 1. The molecule has 30 heavy (non-hydrogen) atoms. The van der Waals surface area contributed by atoms with Crippen molar-refractivity contribution in [3.63, 3.8) is 0 Å². The van der Waals surface area contributed by atoms with Gasteiger partial charge >= 0.3 is 0 Å². The number of anilines is 2. The fourth-order valence-corrected chi connectivity index (χ4v) is 3.38. The standard InChI is InChI=1S/C19H22FN7O3/c1-30-12-16(28)27-8-4-19(3-6-21,5-9-27)25-18(29)14-11-23-26-17(14)24-13-2-7-22-15(20)10-13/h2,7,10-11H,3-5,8-9,12H2,1H3,(H,25,29)(H2,22,23,24,26). The Bertz CT molecular complexity index is 948. The Balaban J connectivity index is 1.70. The summed E-state index contributed by atoms with van der Waals surface area (Å²) >= 11 is 0. The lowest BCUT2D eigenvalue weighted by atomic mass is 9.84. The maximum Gasteiger partial charge on any atom is 0.257 e. The molecule has 0 spiro atoms. The molecular weight excluding hydrogens is 393 g/mol. The highest BCUT2D eigenvalue weighted by molar-refractivity contribution is 5.99. The third-order valence-electron chi connectivity index (χ3n) is 5.02. The first kappa shape index (κ1) is 21.2. The Morgan fingerprint density at radius 2 is 2.20 bits per heavy atom. The number of hydrogen-bond donors (Lipinski definition) is 3. The van der Waals surface area contributed by atoms with Gasteiger partial charge in [-0.1, -0.05) is 0 Å². The number of hydrogen-bond acceptors (Lipinski definition) is 7. The maximum absolute atomic E-state index is 13.3. The predicted molar refractivity (Wildman–Crippen MR) is 104 cm³/mol. The van der Waals surface area contributed by atoms with Crippen LogP contribution >= 0.6 is 0 Å². The van der Waals surface area contributed by atoms with Gasteiger partial charge in [0, 0.05) is 38.1 Å². The van der Waals surface area contributed by atoms with E-state index in [4.69, 9.17) is 4.74 Å². The molecule has 0 bridgehead atoms. The average Bonchev–Trinajstić information content (AvgIpc) is 3.17. The van der Waals surface area contributed by atoms with E-state index in [0.29, 0.717) is 31.6 Å². The number of amides is 2. The molecule has 0 saturated carbocycles. The lowest BCUT2D eigenvalue weighted by Gasteiger charge is -2.41. The molecule has 0 aromatic carbocycles.